The van der Waals surface area contributed by atoms with Crippen LogP contribution in [-0.4, -0.2) is 59.8 Å². The highest BCUT2D eigenvalue weighted by Gasteiger charge is 2.28. The Bertz CT molecular complexity index is 1010. The highest BCUT2D eigenvalue weighted by molar-refractivity contribution is 7.97. The maximum Gasteiger partial charge on any atom is 0.225 e. The van der Waals surface area contributed by atoms with E-state index in [9.17, 15) is 9.18 Å². The molecule has 1 aromatic carbocycles. The van der Waals surface area contributed by atoms with Gasteiger partial charge in [-0.3, -0.25) is 9.78 Å². The fourth-order valence-electron chi connectivity index (χ4n) is 5.29. The van der Waals surface area contributed by atoms with Crippen LogP contribution in [0.5, 0.6) is 0 Å². The van der Waals surface area contributed by atoms with Crippen LogP contribution < -0.4 is 10.6 Å². The number of anilines is 1. The summed E-state index contributed by atoms with van der Waals surface area (Å²) in [5.41, 5.74) is 2.10. The Balaban J connectivity index is 1.44. The van der Waals surface area contributed by atoms with Crippen molar-refractivity contribution in [1.29, 1.82) is 0 Å². The molecule has 2 aliphatic heterocycles. The lowest BCUT2D eigenvalue weighted by molar-refractivity contribution is -0.117. The SMILES string of the molecule is CCCSN1CCNCC1CCc1c(F)cncc1NC(=O)CC(c1ccc(Cl)cc1)C1CCOCC1. The largest absolute Gasteiger partial charge is 0.381 e. The molecule has 2 aromatic rings. The lowest BCUT2D eigenvalue weighted by Gasteiger charge is -2.35. The number of carbonyl (C=O) groups excluding carboxylic acids is 1. The number of amides is 1. The summed E-state index contributed by atoms with van der Waals surface area (Å²) in [5.74, 6) is 0.982. The third-order valence-corrected chi connectivity index (χ3v) is 8.96. The van der Waals surface area contributed by atoms with E-state index in [0.29, 0.717) is 54.3 Å². The van der Waals surface area contributed by atoms with E-state index in [0.717, 1.165) is 56.6 Å². The quantitative estimate of drug-likeness (QED) is 0.352. The highest BCUT2D eigenvalue weighted by Crippen LogP contribution is 2.36. The molecule has 2 saturated heterocycles. The summed E-state index contributed by atoms with van der Waals surface area (Å²) >= 11 is 8.00. The third-order valence-electron chi connectivity index (χ3n) is 7.30. The average molecular weight is 549 g/mol. The minimum atomic E-state index is -0.368. The Morgan fingerprint density at radius 3 is 2.84 bits per heavy atom. The smallest absolute Gasteiger partial charge is 0.225 e. The zero-order chi connectivity index (χ0) is 26.0. The van der Waals surface area contributed by atoms with Crippen LogP contribution in [0.15, 0.2) is 36.7 Å². The summed E-state index contributed by atoms with van der Waals surface area (Å²) in [6.07, 6.45) is 7.43. The lowest BCUT2D eigenvalue weighted by Crippen LogP contribution is -2.48. The van der Waals surface area contributed by atoms with Gasteiger partial charge in [0.25, 0.3) is 0 Å². The van der Waals surface area contributed by atoms with Gasteiger partial charge in [-0.1, -0.05) is 42.6 Å². The first kappa shape index (κ1) is 28.3. The predicted octanol–water partition coefficient (Wildman–Crippen LogP) is 5.68. The number of pyridine rings is 1. The summed E-state index contributed by atoms with van der Waals surface area (Å²) in [7, 11) is 0. The molecule has 2 fully saturated rings. The zero-order valence-electron chi connectivity index (χ0n) is 21.6. The number of rotatable bonds is 11. The van der Waals surface area contributed by atoms with Crippen molar-refractivity contribution in [2.24, 2.45) is 5.92 Å². The number of aromatic nitrogens is 1. The number of piperazine rings is 1. The average Bonchev–Trinajstić information content (AvgIpc) is 2.92. The number of ether oxygens (including phenoxy) is 1. The van der Waals surface area contributed by atoms with Gasteiger partial charge in [0.2, 0.25) is 5.91 Å². The summed E-state index contributed by atoms with van der Waals surface area (Å²) in [6, 6.07) is 8.08. The minimum absolute atomic E-state index is 0.0450. The van der Waals surface area contributed by atoms with Crippen molar-refractivity contribution < 1.29 is 13.9 Å². The highest BCUT2D eigenvalue weighted by atomic mass is 35.5. The van der Waals surface area contributed by atoms with Crippen molar-refractivity contribution in [2.75, 3.05) is 43.9 Å². The molecule has 37 heavy (non-hydrogen) atoms. The zero-order valence-corrected chi connectivity index (χ0v) is 23.1. The first-order valence-electron chi connectivity index (χ1n) is 13.4. The van der Waals surface area contributed by atoms with Crippen molar-refractivity contribution in [3.63, 3.8) is 0 Å². The molecule has 6 nitrogen and oxygen atoms in total. The maximum atomic E-state index is 14.9. The normalized spacial score (nSPS) is 20.0. The third kappa shape index (κ3) is 8.14. The van der Waals surface area contributed by atoms with Crippen LogP contribution >= 0.6 is 23.5 Å². The van der Waals surface area contributed by atoms with Crippen LogP contribution in [0, 0.1) is 11.7 Å². The summed E-state index contributed by atoms with van der Waals surface area (Å²) < 4.78 is 22.9. The molecule has 9 heteroatoms. The number of carbonyl (C=O) groups is 1. The van der Waals surface area contributed by atoms with E-state index in [1.807, 2.05) is 36.2 Å². The molecule has 0 radical (unpaired) electrons. The van der Waals surface area contributed by atoms with Gasteiger partial charge in [-0.15, -0.1) is 0 Å². The molecule has 2 aliphatic rings. The number of hydrogen-bond acceptors (Lipinski definition) is 6. The molecule has 0 spiro atoms. The van der Waals surface area contributed by atoms with Crippen molar-refractivity contribution in [1.82, 2.24) is 14.6 Å². The van der Waals surface area contributed by atoms with Crippen LogP contribution in [0.2, 0.25) is 5.02 Å². The molecule has 1 aromatic heterocycles. The predicted molar refractivity (Wildman–Crippen MR) is 150 cm³/mol. The number of nitrogens with one attached hydrogen (secondary N) is 2. The van der Waals surface area contributed by atoms with E-state index in [-0.39, 0.29) is 17.6 Å². The Morgan fingerprint density at radius 1 is 1.30 bits per heavy atom. The van der Waals surface area contributed by atoms with E-state index in [1.54, 1.807) is 6.20 Å². The fourth-order valence-corrected chi connectivity index (χ4v) is 6.44. The van der Waals surface area contributed by atoms with E-state index in [1.165, 1.54) is 6.20 Å². The molecule has 1 amide bonds. The van der Waals surface area contributed by atoms with Gasteiger partial charge >= 0.3 is 0 Å². The van der Waals surface area contributed by atoms with E-state index < -0.39 is 0 Å². The standard InChI is InChI=1S/C28H38ClFN4O2S/c1-2-15-37-34-12-11-31-17-23(34)7-8-24-26(30)18-32-19-27(24)33-28(35)16-25(21-9-13-36-14-10-21)20-3-5-22(29)6-4-20/h3-6,18-19,21,23,25,31H,2,7-17H2,1H3,(H,33,35). The van der Waals surface area contributed by atoms with Crippen molar-refractivity contribution in [2.45, 2.75) is 57.4 Å². The molecule has 0 saturated carbocycles. The van der Waals surface area contributed by atoms with E-state index in [2.05, 4.69) is 26.8 Å². The lowest BCUT2D eigenvalue weighted by atomic mass is 9.79. The molecule has 202 valence electrons. The topological polar surface area (TPSA) is 66.5 Å². The number of benzene rings is 1. The molecule has 3 heterocycles. The molecule has 2 N–H and O–H groups in total. The second-order valence-corrected chi connectivity index (χ2v) is 11.5. The molecule has 4 rings (SSSR count). The van der Waals surface area contributed by atoms with Crippen molar-refractivity contribution >= 4 is 35.1 Å². The summed E-state index contributed by atoms with van der Waals surface area (Å²) in [6.45, 7) is 6.44. The molecular formula is C28H38ClFN4O2S. The Kier molecular flexibility index (Phi) is 11.0. The monoisotopic (exact) mass is 548 g/mol. The summed E-state index contributed by atoms with van der Waals surface area (Å²) in [5, 5.41) is 7.14. The molecule has 2 unspecified atom stereocenters. The first-order chi connectivity index (χ1) is 18.0. The number of nitrogens with zero attached hydrogens (tertiary/aromatic N) is 2. The second kappa shape index (κ2) is 14.4. The van der Waals surface area contributed by atoms with Gasteiger partial charge in [-0.05, 0) is 61.6 Å². The molecule has 2 atom stereocenters. The van der Waals surface area contributed by atoms with Gasteiger partial charge in [-0.25, -0.2) is 8.70 Å². The van der Waals surface area contributed by atoms with Gasteiger partial charge in [0.05, 0.1) is 18.1 Å². The van der Waals surface area contributed by atoms with Crippen LogP contribution in [0.4, 0.5) is 10.1 Å². The number of halogens is 2. The van der Waals surface area contributed by atoms with Gasteiger partial charge < -0.3 is 15.4 Å². The maximum absolute atomic E-state index is 14.9. The van der Waals surface area contributed by atoms with E-state index >= 15 is 0 Å². The second-order valence-electron chi connectivity index (χ2n) is 9.88. The number of hydrogen-bond donors (Lipinski definition) is 2. The van der Waals surface area contributed by atoms with Crippen LogP contribution in [0.25, 0.3) is 0 Å². The fraction of sp³-hybridized carbons (Fsp3) is 0.571. The Morgan fingerprint density at radius 2 is 2.08 bits per heavy atom. The van der Waals surface area contributed by atoms with Gasteiger partial charge in [0.1, 0.15) is 5.82 Å². The van der Waals surface area contributed by atoms with Gasteiger partial charge in [0.15, 0.2) is 0 Å². The van der Waals surface area contributed by atoms with Crippen LogP contribution in [-0.2, 0) is 16.0 Å². The first-order valence-corrected chi connectivity index (χ1v) is 14.7. The van der Waals surface area contributed by atoms with Crippen LogP contribution in [0.3, 0.4) is 0 Å². The Labute approximate surface area is 229 Å². The summed E-state index contributed by atoms with van der Waals surface area (Å²) in [4.78, 5) is 17.3. The molecular weight excluding hydrogens is 511 g/mol. The minimum Gasteiger partial charge on any atom is -0.381 e. The molecule has 0 aliphatic carbocycles. The molecule has 0 bridgehead atoms. The van der Waals surface area contributed by atoms with Crippen molar-refractivity contribution in [3.05, 3.63) is 58.6 Å². The van der Waals surface area contributed by atoms with Gasteiger partial charge in [-0.2, -0.15) is 0 Å². The van der Waals surface area contributed by atoms with Gasteiger partial charge in [0, 0.05) is 61.6 Å². The Hall–Kier alpha value is -1.71. The van der Waals surface area contributed by atoms with E-state index in [4.69, 9.17) is 16.3 Å². The van der Waals surface area contributed by atoms with Crippen LogP contribution in [0.1, 0.15) is 56.1 Å². The van der Waals surface area contributed by atoms with Crippen molar-refractivity contribution in [3.8, 4) is 0 Å².